The summed E-state index contributed by atoms with van der Waals surface area (Å²) in [6.45, 7) is 7.10. The molecular formula is C29H36F3N9O4. The molecule has 5 rings (SSSR count). The summed E-state index contributed by atoms with van der Waals surface area (Å²) < 4.78 is 53.5. The number of carbonyl (C=O) groups excluding carboxylic acids is 2. The smallest absolute Gasteiger partial charge is 0.417 e. The number of ether oxygens (including phenoxy) is 2. The second-order valence-corrected chi connectivity index (χ2v) is 10.8. The number of likely N-dealkylation sites (N-methyl/N-ethyl adjacent to an activating group) is 1. The van der Waals surface area contributed by atoms with E-state index in [1.807, 2.05) is 11.9 Å². The lowest BCUT2D eigenvalue weighted by molar-refractivity contribution is -0.138. The van der Waals surface area contributed by atoms with Gasteiger partial charge in [0.15, 0.2) is 5.69 Å². The molecule has 16 heteroatoms. The van der Waals surface area contributed by atoms with Gasteiger partial charge in [-0.2, -0.15) is 13.2 Å². The highest BCUT2D eigenvalue weighted by Crippen LogP contribution is 2.40. The van der Waals surface area contributed by atoms with Crippen molar-refractivity contribution < 1.29 is 32.2 Å². The van der Waals surface area contributed by atoms with Gasteiger partial charge in [0.05, 0.1) is 49.0 Å². The van der Waals surface area contributed by atoms with Crippen LogP contribution in [0.2, 0.25) is 0 Å². The van der Waals surface area contributed by atoms with Crippen molar-refractivity contribution in [2.45, 2.75) is 12.6 Å². The van der Waals surface area contributed by atoms with Crippen molar-refractivity contribution in [3.05, 3.63) is 53.6 Å². The Morgan fingerprint density at radius 1 is 1.07 bits per heavy atom. The van der Waals surface area contributed by atoms with E-state index in [2.05, 4.69) is 35.7 Å². The number of amides is 2. The molecule has 0 radical (unpaired) electrons. The van der Waals surface area contributed by atoms with Crippen molar-refractivity contribution in [2.75, 3.05) is 89.9 Å². The minimum Gasteiger partial charge on any atom is -0.494 e. The molecule has 2 N–H and O–H groups in total. The number of methoxy groups -OCH3 is 1. The summed E-state index contributed by atoms with van der Waals surface area (Å²) in [7, 11) is 3.45. The highest BCUT2D eigenvalue weighted by atomic mass is 19.4. The van der Waals surface area contributed by atoms with Crippen molar-refractivity contribution in [3.8, 4) is 11.4 Å². The maximum Gasteiger partial charge on any atom is 0.417 e. The summed E-state index contributed by atoms with van der Waals surface area (Å²) in [6.07, 6.45) is -0.674. The zero-order valence-corrected chi connectivity index (χ0v) is 25.1. The molecule has 2 amide bonds. The number of nitrogens with one attached hydrogen (secondary N) is 2. The molecule has 0 saturated carbocycles. The number of aromatic nitrogens is 4. The standard InChI is InChI=1S/C29H36F3N9O4/c1-38-8-10-40(11-9-38)26-23(35-27(42)21-18-33-6-4-22(21)29(30,31)32)16-20(17-25(26)44-2)41-19-24(36-37-41)28(43)34-5-3-7-39-12-14-45-15-13-39/h4,6,16-19H,3,5,7-15H2,1-2H3,(H,34,43)(H,35,42). The third kappa shape index (κ3) is 7.87. The fourth-order valence-corrected chi connectivity index (χ4v) is 5.26. The van der Waals surface area contributed by atoms with Gasteiger partial charge in [0, 0.05) is 64.3 Å². The van der Waals surface area contributed by atoms with Crippen molar-refractivity contribution in [3.63, 3.8) is 0 Å². The lowest BCUT2D eigenvalue weighted by atomic mass is 10.1. The monoisotopic (exact) mass is 631 g/mol. The van der Waals surface area contributed by atoms with Crippen LogP contribution in [0.4, 0.5) is 24.5 Å². The topological polar surface area (TPSA) is 130 Å². The van der Waals surface area contributed by atoms with Crippen molar-refractivity contribution in [2.24, 2.45) is 0 Å². The summed E-state index contributed by atoms with van der Waals surface area (Å²) in [5.74, 6) is -1.02. The first-order valence-corrected chi connectivity index (χ1v) is 14.6. The number of alkyl halides is 3. The predicted molar refractivity (Wildman–Crippen MR) is 159 cm³/mol. The van der Waals surface area contributed by atoms with Crippen LogP contribution in [0.5, 0.6) is 5.75 Å². The Balaban J connectivity index is 1.39. The van der Waals surface area contributed by atoms with Gasteiger partial charge in [-0.25, -0.2) is 4.68 Å². The molecule has 4 heterocycles. The number of nitrogens with zero attached hydrogens (tertiary/aromatic N) is 7. The Labute approximate surface area is 258 Å². The first-order valence-electron chi connectivity index (χ1n) is 14.6. The summed E-state index contributed by atoms with van der Waals surface area (Å²) in [6, 6.07) is 4.00. The minimum atomic E-state index is -4.75. The molecule has 2 saturated heterocycles. The lowest BCUT2D eigenvalue weighted by Crippen LogP contribution is -2.45. The second-order valence-electron chi connectivity index (χ2n) is 10.8. The third-order valence-corrected chi connectivity index (χ3v) is 7.75. The quantitative estimate of drug-likeness (QED) is 0.321. The second kappa shape index (κ2) is 14.2. The van der Waals surface area contributed by atoms with E-state index in [9.17, 15) is 22.8 Å². The van der Waals surface area contributed by atoms with Crippen molar-refractivity contribution in [1.82, 2.24) is 35.1 Å². The normalized spacial score (nSPS) is 16.4. The van der Waals surface area contributed by atoms with Crippen LogP contribution in [0.25, 0.3) is 5.69 Å². The zero-order chi connectivity index (χ0) is 32.0. The number of rotatable bonds is 10. The van der Waals surface area contributed by atoms with E-state index in [0.717, 1.165) is 57.6 Å². The maximum absolute atomic E-state index is 13.7. The van der Waals surface area contributed by atoms with Crippen LogP contribution in [-0.4, -0.2) is 121 Å². The van der Waals surface area contributed by atoms with Gasteiger partial charge in [0.25, 0.3) is 11.8 Å². The van der Waals surface area contributed by atoms with Gasteiger partial charge in [-0.05, 0) is 32.1 Å². The van der Waals surface area contributed by atoms with E-state index in [1.54, 1.807) is 12.1 Å². The van der Waals surface area contributed by atoms with Crippen LogP contribution >= 0.6 is 0 Å². The van der Waals surface area contributed by atoms with Crippen molar-refractivity contribution in [1.29, 1.82) is 0 Å². The van der Waals surface area contributed by atoms with Crippen LogP contribution < -0.4 is 20.3 Å². The van der Waals surface area contributed by atoms with E-state index in [1.165, 1.54) is 18.0 Å². The van der Waals surface area contributed by atoms with Gasteiger partial charge in [-0.15, -0.1) is 5.10 Å². The molecule has 2 aromatic heterocycles. The number of pyridine rings is 1. The Hall–Kier alpha value is -4.28. The molecule has 2 aliphatic rings. The number of carbonyl (C=O) groups is 2. The number of hydrogen-bond acceptors (Lipinski definition) is 10. The lowest BCUT2D eigenvalue weighted by Gasteiger charge is -2.36. The Morgan fingerprint density at radius 2 is 1.82 bits per heavy atom. The van der Waals surface area contributed by atoms with Crippen LogP contribution in [0.1, 0.15) is 32.8 Å². The third-order valence-electron chi connectivity index (χ3n) is 7.75. The summed E-state index contributed by atoms with van der Waals surface area (Å²) in [5, 5.41) is 13.6. The highest BCUT2D eigenvalue weighted by Gasteiger charge is 2.35. The Bertz CT molecular complexity index is 1490. The van der Waals surface area contributed by atoms with Gasteiger partial charge in [0.2, 0.25) is 0 Å². The molecular weight excluding hydrogens is 595 g/mol. The molecule has 0 atom stereocenters. The summed E-state index contributed by atoms with van der Waals surface area (Å²) in [5.41, 5.74) is -0.539. The number of halogens is 3. The van der Waals surface area contributed by atoms with Crippen LogP contribution in [-0.2, 0) is 10.9 Å². The number of anilines is 2. The summed E-state index contributed by atoms with van der Waals surface area (Å²) >= 11 is 0. The fourth-order valence-electron chi connectivity index (χ4n) is 5.26. The van der Waals surface area contributed by atoms with Crippen LogP contribution in [0.3, 0.4) is 0 Å². The molecule has 0 aliphatic carbocycles. The molecule has 3 aromatic rings. The van der Waals surface area contributed by atoms with Gasteiger partial charge >= 0.3 is 6.18 Å². The van der Waals surface area contributed by atoms with E-state index in [-0.39, 0.29) is 11.4 Å². The molecule has 242 valence electrons. The molecule has 2 aliphatic heterocycles. The predicted octanol–water partition coefficient (Wildman–Crippen LogP) is 2.15. The van der Waals surface area contributed by atoms with E-state index >= 15 is 0 Å². The van der Waals surface area contributed by atoms with Gasteiger partial charge < -0.3 is 29.9 Å². The van der Waals surface area contributed by atoms with Crippen LogP contribution in [0.15, 0.2) is 36.8 Å². The van der Waals surface area contributed by atoms with Gasteiger partial charge in [-0.1, -0.05) is 5.21 Å². The average molecular weight is 632 g/mol. The Kier molecular flexibility index (Phi) is 10.1. The van der Waals surface area contributed by atoms with E-state index in [0.29, 0.717) is 50.0 Å². The van der Waals surface area contributed by atoms with Crippen LogP contribution in [0, 0.1) is 0 Å². The van der Waals surface area contributed by atoms with E-state index in [4.69, 9.17) is 9.47 Å². The first-order chi connectivity index (χ1) is 21.6. The number of benzene rings is 1. The highest BCUT2D eigenvalue weighted by molar-refractivity contribution is 6.07. The molecule has 13 nitrogen and oxygen atoms in total. The van der Waals surface area contributed by atoms with Gasteiger partial charge in [-0.3, -0.25) is 19.5 Å². The number of hydrogen-bond donors (Lipinski definition) is 2. The maximum atomic E-state index is 13.7. The summed E-state index contributed by atoms with van der Waals surface area (Å²) in [4.78, 5) is 36.3. The first kappa shape index (κ1) is 32.1. The molecule has 0 bridgehead atoms. The SMILES string of the molecule is COc1cc(-n2cc(C(=O)NCCCN3CCOCC3)nn2)cc(NC(=O)c2cnccc2C(F)(F)F)c1N1CCN(C)CC1. The average Bonchev–Trinajstić information content (AvgIpc) is 3.54. The number of piperazine rings is 1. The Morgan fingerprint density at radius 3 is 2.53 bits per heavy atom. The molecule has 0 spiro atoms. The zero-order valence-electron chi connectivity index (χ0n) is 25.1. The van der Waals surface area contributed by atoms with E-state index < -0.39 is 29.1 Å². The molecule has 45 heavy (non-hydrogen) atoms. The van der Waals surface area contributed by atoms with Crippen molar-refractivity contribution >= 4 is 23.2 Å². The number of morpholine rings is 1. The molecule has 0 unspecified atom stereocenters. The fraction of sp³-hybridized carbons (Fsp3) is 0.483. The molecule has 1 aromatic carbocycles. The minimum absolute atomic E-state index is 0.0826. The van der Waals surface area contributed by atoms with Gasteiger partial charge in [0.1, 0.15) is 11.4 Å². The molecule has 2 fully saturated rings. The largest absolute Gasteiger partial charge is 0.494 e.